The number of ether oxygens (including phenoxy) is 1. The summed E-state index contributed by atoms with van der Waals surface area (Å²) < 4.78 is 5.33. The van der Waals surface area contributed by atoms with Crippen LogP contribution in [0, 0.1) is 0 Å². The summed E-state index contributed by atoms with van der Waals surface area (Å²) in [6, 6.07) is 5.12. The lowest BCUT2D eigenvalue weighted by atomic mass is 10.1. The van der Waals surface area contributed by atoms with Crippen LogP contribution in [0.4, 0.5) is 5.13 Å². The van der Waals surface area contributed by atoms with Crippen molar-refractivity contribution in [1.82, 2.24) is 9.88 Å². The van der Waals surface area contributed by atoms with Crippen LogP contribution in [0.1, 0.15) is 11.3 Å². The van der Waals surface area contributed by atoms with Gasteiger partial charge in [0.2, 0.25) is 5.91 Å². The predicted octanol–water partition coefficient (Wildman–Crippen LogP) is 3.46. The summed E-state index contributed by atoms with van der Waals surface area (Å²) in [5, 5.41) is 6.44. The maximum Gasteiger partial charge on any atom is 0.230 e. The van der Waals surface area contributed by atoms with Crippen molar-refractivity contribution in [1.29, 1.82) is 0 Å². The zero-order chi connectivity index (χ0) is 16.9. The molecule has 1 aromatic heterocycles. The highest BCUT2D eigenvalue weighted by Gasteiger charge is 2.14. The first-order valence-electron chi connectivity index (χ1n) is 7.58. The van der Waals surface area contributed by atoms with Gasteiger partial charge in [0.15, 0.2) is 5.13 Å². The number of nitrogens with one attached hydrogen (secondary N) is 1. The van der Waals surface area contributed by atoms with Crippen LogP contribution in [0.25, 0.3) is 0 Å². The van der Waals surface area contributed by atoms with Crippen LogP contribution in [0.2, 0.25) is 10.0 Å². The summed E-state index contributed by atoms with van der Waals surface area (Å²) in [6.07, 6.45) is 0.189. The molecular weight excluding hydrogens is 369 g/mol. The lowest BCUT2D eigenvalue weighted by Crippen LogP contribution is -2.35. The Morgan fingerprint density at radius 1 is 1.33 bits per heavy atom. The molecule has 1 fully saturated rings. The fourth-order valence-corrected chi connectivity index (χ4v) is 3.62. The van der Waals surface area contributed by atoms with Crippen molar-refractivity contribution in [2.24, 2.45) is 0 Å². The van der Waals surface area contributed by atoms with Gasteiger partial charge < -0.3 is 10.1 Å². The Morgan fingerprint density at radius 2 is 2.12 bits per heavy atom. The third kappa shape index (κ3) is 4.91. The Hall–Kier alpha value is -1.18. The average molecular weight is 386 g/mol. The number of hydrogen-bond acceptors (Lipinski definition) is 5. The van der Waals surface area contributed by atoms with Crippen molar-refractivity contribution >= 4 is 45.6 Å². The molecule has 128 valence electrons. The molecule has 1 aromatic carbocycles. The van der Waals surface area contributed by atoms with E-state index in [0.29, 0.717) is 15.2 Å². The number of nitrogens with zero attached hydrogens (tertiary/aromatic N) is 2. The maximum absolute atomic E-state index is 12.2. The smallest absolute Gasteiger partial charge is 0.230 e. The van der Waals surface area contributed by atoms with E-state index in [1.165, 1.54) is 11.3 Å². The zero-order valence-electron chi connectivity index (χ0n) is 12.9. The van der Waals surface area contributed by atoms with Gasteiger partial charge in [0.05, 0.1) is 25.3 Å². The zero-order valence-corrected chi connectivity index (χ0v) is 15.3. The molecule has 8 heteroatoms. The van der Waals surface area contributed by atoms with E-state index in [4.69, 9.17) is 27.9 Å². The molecule has 5 nitrogen and oxygen atoms in total. The Labute approximate surface area is 154 Å². The summed E-state index contributed by atoms with van der Waals surface area (Å²) in [6.45, 7) is 4.12. The Balaban J connectivity index is 1.54. The van der Waals surface area contributed by atoms with Gasteiger partial charge in [-0.15, -0.1) is 11.3 Å². The lowest BCUT2D eigenvalue weighted by molar-refractivity contribution is -0.115. The monoisotopic (exact) mass is 385 g/mol. The molecule has 1 aliphatic rings. The molecule has 0 aliphatic carbocycles. The van der Waals surface area contributed by atoms with Crippen LogP contribution < -0.4 is 5.32 Å². The summed E-state index contributed by atoms with van der Waals surface area (Å²) >= 11 is 13.4. The summed E-state index contributed by atoms with van der Waals surface area (Å²) in [4.78, 5) is 18.9. The van der Waals surface area contributed by atoms with Crippen molar-refractivity contribution < 1.29 is 9.53 Å². The number of carbonyl (C=O) groups excluding carboxylic acids is 1. The number of amides is 1. The number of anilines is 1. The number of morpholine rings is 1. The van der Waals surface area contributed by atoms with Gasteiger partial charge in [0, 0.05) is 35.1 Å². The molecule has 0 spiro atoms. The quantitative estimate of drug-likeness (QED) is 0.855. The SMILES string of the molecule is O=C(Cc1ccc(Cl)cc1Cl)Nc1nc(CN2CCOCC2)cs1. The highest BCUT2D eigenvalue weighted by Crippen LogP contribution is 2.22. The molecule has 1 saturated heterocycles. The van der Waals surface area contributed by atoms with Crippen LogP contribution in [-0.4, -0.2) is 42.1 Å². The van der Waals surface area contributed by atoms with E-state index in [-0.39, 0.29) is 12.3 Å². The second-order valence-corrected chi connectivity index (χ2v) is 7.19. The van der Waals surface area contributed by atoms with Crippen molar-refractivity contribution in [3.8, 4) is 0 Å². The molecule has 2 aromatic rings. The Kier molecular flexibility index (Phi) is 6.08. The molecule has 2 heterocycles. The van der Waals surface area contributed by atoms with Crippen LogP contribution in [0.3, 0.4) is 0 Å². The third-order valence-electron chi connectivity index (χ3n) is 3.65. The number of hydrogen-bond donors (Lipinski definition) is 1. The number of rotatable bonds is 5. The molecule has 1 N–H and O–H groups in total. The first kappa shape index (κ1) is 17.6. The van der Waals surface area contributed by atoms with E-state index < -0.39 is 0 Å². The lowest BCUT2D eigenvalue weighted by Gasteiger charge is -2.25. The van der Waals surface area contributed by atoms with Gasteiger partial charge in [-0.25, -0.2) is 4.98 Å². The van der Waals surface area contributed by atoms with Crippen molar-refractivity contribution in [3.05, 3.63) is 44.9 Å². The largest absolute Gasteiger partial charge is 0.379 e. The molecule has 24 heavy (non-hydrogen) atoms. The van der Waals surface area contributed by atoms with Crippen molar-refractivity contribution in [2.75, 3.05) is 31.6 Å². The van der Waals surface area contributed by atoms with E-state index in [1.54, 1.807) is 18.2 Å². The molecule has 0 unspecified atom stereocenters. The summed E-state index contributed by atoms with van der Waals surface area (Å²) in [7, 11) is 0. The average Bonchev–Trinajstić information content (AvgIpc) is 2.98. The Bertz CT molecular complexity index is 717. The van der Waals surface area contributed by atoms with E-state index in [0.717, 1.165) is 44.1 Å². The normalized spacial score (nSPS) is 15.4. The standard InChI is InChI=1S/C16H17Cl2N3O2S/c17-12-2-1-11(14(18)8-12)7-15(22)20-16-19-13(10-24-16)9-21-3-5-23-6-4-21/h1-2,8,10H,3-7,9H2,(H,19,20,22). The minimum Gasteiger partial charge on any atom is -0.379 e. The van der Waals surface area contributed by atoms with Gasteiger partial charge in [-0.05, 0) is 17.7 Å². The first-order valence-corrected chi connectivity index (χ1v) is 9.22. The van der Waals surface area contributed by atoms with Crippen LogP contribution in [-0.2, 0) is 22.5 Å². The highest BCUT2D eigenvalue weighted by molar-refractivity contribution is 7.13. The molecule has 0 radical (unpaired) electrons. The molecule has 0 atom stereocenters. The first-order chi connectivity index (χ1) is 11.6. The number of benzene rings is 1. The fourth-order valence-electron chi connectivity index (χ4n) is 2.43. The second kappa shape index (κ2) is 8.27. The van der Waals surface area contributed by atoms with Gasteiger partial charge in [-0.1, -0.05) is 29.3 Å². The van der Waals surface area contributed by atoms with E-state index >= 15 is 0 Å². The minimum absolute atomic E-state index is 0.147. The van der Waals surface area contributed by atoms with Crippen molar-refractivity contribution in [2.45, 2.75) is 13.0 Å². The molecule has 3 rings (SSSR count). The number of aromatic nitrogens is 1. The van der Waals surface area contributed by atoms with Crippen LogP contribution in [0.15, 0.2) is 23.6 Å². The number of carbonyl (C=O) groups is 1. The second-order valence-electron chi connectivity index (χ2n) is 5.49. The van der Waals surface area contributed by atoms with E-state index in [1.807, 2.05) is 5.38 Å². The van der Waals surface area contributed by atoms with Gasteiger partial charge in [-0.2, -0.15) is 0 Å². The van der Waals surface area contributed by atoms with Crippen molar-refractivity contribution in [3.63, 3.8) is 0 Å². The van der Waals surface area contributed by atoms with Gasteiger partial charge in [-0.3, -0.25) is 9.69 Å². The van der Waals surface area contributed by atoms with Gasteiger partial charge >= 0.3 is 0 Å². The Morgan fingerprint density at radius 3 is 2.88 bits per heavy atom. The number of halogens is 2. The van der Waals surface area contributed by atoms with Crippen LogP contribution in [0.5, 0.6) is 0 Å². The van der Waals surface area contributed by atoms with Crippen LogP contribution >= 0.6 is 34.5 Å². The molecule has 1 aliphatic heterocycles. The fraction of sp³-hybridized carbons (Fsp3) is 0.375. The highest BCUT2D eigenvalue weighted by atomic mass is 35.5. The molecule has 1 amide bonds. The molecule has 0 saturated carbocycles. The van der Waals surface area contributed by atoms with Gasteiger partial charge in [0.25, 0.3) is 0 Å². The van der Waals surface area contributed by atoms with E-state index in [9.17, 15) is 4.79 Å². The topological polar surface area (TPSA) is 54.5 Å². The van der Waals surface area contributed by atoms with Gasteiger partial charge in [0.1, 0.15) is 0 Å². The molecule has 0 bridgehead atoms. The number of thiazole rings is 1. The minimum atomic E-state index is -0.147. The molecular formula is C16H17Cl2N3O2S. The summed E-state index contributed by atoms with van der Waals surface area (Å²) in [5.74, 6) is -0.147. The third-order valence-corrected chi connectivity index (χ3v) is 5.05. The predicted molar refractivity (Wildman–Crippen MR) is 97.0 cm³/mol. The maximum atomic E-state index is 12.2. The van der Waals surface area contributed by atoms with E-state index in [2.05, 4.69) is 15.2 Å². The summed E-state index contributed by atoms with van der Waals surface area (Å²) in [5.41, 5.74) is 1.70.